The summed E-state index contributed by atoms with van der Waals surface area (Å²) < 4.78 is 0. The van der Waals surface area contributed by atoms with Gasteiger partial charge in [-0.25, -0.2) is 0 Å². The first-order valence-electron chi connectivity index (χ1n) is 5.40. The van der Waals surface area contributed by atoms with E-state index < -0.39 is 0 Å². The summed E-state index contributed by atoms with van der Waals surface area (Å²) in [4.78, 5) is 2.39. The number of β-amino-alcohol motifs (C(OH)–C–C–N with tert-alkyl or cyclic N) is 1. The molecule has 3 unspecified atom stereocenters. The molecule has 2 aliphatic rings. The molecule has 76 valence electrons. The highest BCUT2D eigenvalue weighted by molar-refractivity contribution is 4.89. The molecule has 2 heterocycles. The van der Waals surface area contributed by atoms with Gasteiger partial charge in [0, 0.05) is 25.2 Å². The standard InChI is InChI=1S/C10H20N2O/c1-8(13)6-12-5-4-9-2-3-10(7-12)11-9/h8-11,13H,2-7H2,1H3. The maximum absolute atomic E-state index is 9.30. The van der Waals surface area contributed by atoms with E-state index in [0.29, 0.717) is 6.04 Å². The molecule has 0 radical (unpaired) electrons. The van der Waals surface area contributed by atoms with Crippen LogP contribution in [0.2, 0.25) is 0 Å². The molecule has 2 saturated heterocycles. The third-order valence-electron chi connectivity index (χ3n) is 3.13. The van der Waals surface area contributed by atoms with Crippen molar-refractivity contribution < 1.29 is 5.11 Å². The molecule has 2 N–H and O–H groups in total. The highest BCUT2D eigenvalue weighted by Crippen LogP contribution is 2.20. The van der Waals surface area contributed by atoms with Crippen molar-refractivity contribution in [1.29, 1.82) is 0 Å². The normalized spacial score (nSPS) is 37.4. The number of hydrogen-bond acceptors (Lipinski definition) is 3. The van der Waals surface area contributed by atoms with Crippen LogP contribution in [0.5, 0.6) is 0 Å². The van der Waals surface area contributed by atoms with Gasteiger partial charge in [-0.15, -0.1) is 0 Å². The van der Waals surface area contributed by atoms with Crippen molar-refractivity contribution in [2.24, 2.45) is 0 Å². The minimum atomic E-state index is -0.184. The number of aliphatic hydroxyl groups excluding tert-OH is 1. The molecule has 3 atom stereocenters. The van der Waals surface area contributed by atoms with Gasteiger partial charge in [0.05, 0.1) is 6.10 Å². The quantitative estimate of drug-likeness (QED) is 0.643. The zero-order valence-electron chi connectivity index (χ0n) is 8.37. The molecule has 2 aliphatic heterocycles. The van der Waals surface area contributed by atoms with Crippen LogP contribution >= 0.6 is 0 Å². The van der Waals surface area contributed by atoms with Crippen molar-refractivity contribution in [3.63, 3.8) is 0 Å². The Morgan fingerprint density at radius 1 is 1.38 bits per heavy atom. The van der Waals surface area contributed by atoms with Crippen molar-refractivity contribution >= 4 is 0 Å². The fourth-order valence-corrected chi connectivity index (χ4v) is 2.55. The summed E-state index contributed by atoms with van der Waals surface area (Å²) in [6.45, 7) is 4.99. The van der Waals surface area contributed by atoms with E-state index in [0.717, 1.165) is 25.7 Å². The highest BCUT2D eigenvalue weighted by atomic mass is 16.3. The summed E-state index contributed by atoms with van der Waals surface area (Å²) in [6.07, 6.45) is 3.74. The molecular formula is C10H20N2O. The molecule has 0 amide bonds. The van der Waals surface area contributed by atoms with E-state index in [2.05, 4.69) is 10.2 Å². The van der Waals surface area contributed by atoms with Crippen LogP contribution in [0.25, 0.3) is 0 Å². The third kappa shape index (κ3) is 2.42. The lowest BCUT2D eigenvalue weighted by Gasteiger charge is -2.24. The molecule has 0 aromatic heterocycles. The molecular weight excluding hydrogens is 164 g/mol. The minimum Gasteiger partial charge on any atom is -0.392 e. The van der Waals surface area contributed by atoms with Gasteiger partial charge in [-0.05, 0) is 32.7 Å². The lowest BCUT2D eigenvalue weighted by molar-refractivity contribution is 0.123. The molecule has 0 aliphatic carbocycles. The molecule has 0 aromatic carbocycles. The fourth-order valence-electron chi connectivity index (χ4n) is 2.55. The fraction of sp³-hybridized carbons (Fsp3) is 1.00. The zero-order valence-corrected chi connectivity index (χ0v) is 8.37. The van der Waals surface area contributed by atoms with Gasteiger partial charge in [-0.2, -0.15) is 0 Å². The van der Waals surface area contributed by atoms with Crippen molar-refractivity contribution in [2.45, 2.75) is 44.4 Å². The number of nitrogens with one attached hydrogen (secondary N) is 1. The van der Waals surface area contributed by atoms with Crippen molar-refractivity contribution in [3.05, 3.63) is 0 Å². The van der Waals surface area contributed by atoms with Gasteiger partial charge >= 0.3 is 0 Å². The van der Waals surface area contributed by atoms with Crippen LogP contribution < -0.4 is 5.32 Å². The van der Waals surface area contributed by atoms with E-state index in [9.17, 15) is 5.11 Å². The average molecular weight is 184 g/mol. The smallest absolute Gasteiger partial charge is 0.0639 e. The van der Waals surface area contributed by atoms with Crippen LogP contribution in [-0.2, 0) is 0 Å². The summed E-state index contributed by atoms with van der Waals surface area (Å²) in [7, 11) is 0. The van der Waals surface area contributed by atoms with Gasteiger partial charge in [0.15, 0.2) is 0 Å². The Balaban J connectivity index is 1.86. The van der Waals surface area contributed by atoms with E-state index >= 15 is 0 Å². The van der Waals surface area contributed by atoms with Crippen LogP contribution in [0.1, 0.15) is 26.2 Å². The van der Waals surface area contributed by atoms with Gasteiger partial charge in [-0.3, -0.25) is 4.90 Å². The second kappa shape index (κ2) is 3.95. The van der Waals surface area contributed by atoms with Crippen LogP contribution in [0.15, 0.2) is 0 Å². The van der Waals surface area contributed by atoms with E-state index in [1.165, 1.54) is 19.3 Å². The van der Waals surface area contributed by atoms with E-state index in [-0.39, 0.29) is 6.10 Å². The largest absolute Gasteiger partial charge is 0.392 e. The Morgan fingerprint density at radius 3 is 2.92 bits per heavy atom. The Morgan fingerprint density at radius 2 is 2.15 bits per heavy atom. The summed E-state index contributed by atoms with van der Waals surface area (Å²) in [5, 5.41) is 12.9. The third-order valence-corrected chi connectivity index (χ3v) is 3.13. The number of aliphatic hydroxyl groups is 1. The second-order valence-corrected chi connectivity index (χ2v) is 4.54. The topological polar surface area (TPSA) is 35.5 Å². The summed E-state index contributed by atoms with van der Waals surface area (Å²) in [5.41, 5.74) is 0. The predicted molar refractivity (Wildman–Crippen MR) is 52.7 cm³/mol. The number of nitrogens with zero attached hydrogens (tertiary/aromatic N) is 1. The van der Waals surface area contributed by atoms with Gasteiger partial charge in [0.2, 0.25) is 0 Å². The van der Waals surface area contributed by atoms with Gasteiger partial charge < -0.3 is 10.4 Å². The summed E-state index contributed by atoms with van der Waals surface area (Å²) in [5.74, 6) is 0. The number of hydrogen-bond donors (Lipinski definition) is 2. The van der Waals surface area contributed by atoms with Crippen molar-refractivity contribution in [1.82, 2.24) is 10.2 Å². The first-order chi connectivity index (χ1) is 6.24. The maximum atomic E-state index is 9.30. The van der Waals surface area contributed by atoms with Crippen molar-refractivity contribution in [2.75, 3.05) is 19.6 Å². The maximum Gasteiger partial charge on any atom is 0.0639 e. The van der Waals surface area contributed by atoms with Crippen LogP contribution in [0, 0.1) is 0 Å². The Labute approximate surface area is 80.1 Å². The average Bonchev–Trinajstić information content (AvgIpc) is 2.36. The lowest BCUT2D eigenvalue weighted by atomic mass is 10.1. The van der Waals surface area contributed by atoms with E-state index in [1.54, 1.807) is 0 Å². The molecule has 0 spiro atoms. The molecule has 3 heteroatoms. The van der Waals surface area contributed by atoms with Gasteiger partial charge in [0.25, 0.3) is 0 Å². The van der Waals surface area contributed by atoms with Crippen LogP contribution in [0.4, 0.5) is 0 Å². The molecule has 2 rings (SSSR count). The van der Waals surface area contributed by atoms with E-state index in [4.69, 9.17) is 0 Å². The van der Waals surface area contributed by atoms with E-state index in [1.807, 2.05) is 6.92 Å². The lowest BCUT2D eigenvalue weighted by Crippen LogP contribution is -2.38. The Hall–Kier alpha value is -0.120. The second-order valence-electron chi connectivity index (χ2n) is 4.54. The van der Waals surface area contributed by atoms with Crippen LogP contribution in [0.3, 0.4) is 0 Å². The van der Waals surface area contributed by atoms with Crippen molar-refractivity contribution in [3.8, 4) is 0 Å². The zero-order chi connectivity index (χ0) is 9.26. The molecule has 0 saturated carbocycles. The molecule has 0 aromatic rings. The monoisotopic (exact) mass is 184 g/mol. The molecule has 2 bridgehead atoms. The highest BCUT2D eigenvalue weighted by Gasteiger charge is 2.29. The molecule has 2 fully saturated rings. The number of likely N-dealkylation sites (tertiary alicyclic amines) is 1. The first kappa shape index (κ1) is 9.44. The van der Waals surface area contributed by atoms with Gasteiger partial charge in [0.1, 0.15) is 0 Å². The summed E-state index contributed by atoms with van der Waals surface area (Å²) >= 11 is 0. The summed E-state index contributed by atoms with van der Waals surface area (Å²) in [6, 6.07) is 1.44. The molecule has 3 nitrogen and oxygen atoms in total. The minimum absolute atomic E-state index is 0.184. The first-order valence-corrected chi connectivity index (χ1v) is 5.40. The van der Waals surface area contributed by atoms with Gasteiger partial charge in [-0.1, -0.05) is 0 Å². The Bertz CT molecular complexity index is 172. The van der Waals surface area contributed by atoms with Crippen LogP contribution in [-0.4, -0.2) is 47.8 Å². The Kier molecular flexibility index (Phi) is 2.86. The predicted octanol–water partition coefficient (Wildman–Crippen LogP) is 0.194. The number of rotatable bonds is 2. The SMILES string of the molecule is CC(O)CN1CCC2CCC(C1)N2. The molecule has 13 heavy (non-hydrogen) atoms. The number of fused-ring (bicyclic) bond motifs is 2.